The highest BCUT2D eigenvalue weighted by molar-refractivity contribution is 6.06. The molecule has 0 amide bonds. The molecule has 6 nitrogen and oxygen atoms in total. The van der Waals surface area contributed by atoms with Gasteiger partial charge in [-0.2, -0.15) is 0 Å². The highest BCUT2D eigenvalue weighted by Gasteiger charge is 2.77. The molecule has 4 heterocycles. The number of oxime groups is 1. The van der Waals surface area contributed by atoms with Crippen LogP contribution in [0.5, 0.6) is 0 Å². The maximum Gasteiger partial charge on any atom is 0.279 e. The van der Waals surface area contributed by atoms with Crippen LogP contribution in [0.3, 0.4) is 0 Å². The van der Waals surface area contributed by atoms with Gasteiger partial charge in [-0.25, -0.2) is 0 Å². The van der Waals surface area contributed by atoms with E-state index in [1.54, 1.807) is 7.11 Å². The van der Waals surface area contributed by atoms with Gasteiger partial charge in [-0.15, -0.1) is 0 Å². The number of fused-ring (bicyclic) bond motifs is 6. The molecule has 134 valence electrons. The molecule has 1 aromatic carbocycles. The minimum absolute atomic E-state index is 0.0824. The molecule has 0 N–H and O–H groups in total. The van der Waals surface area contributed by atoms with Gasteiger partial charge in [0.1, 0.15) is 11.6 Å². The van der Waals surface area contributed by atoms with E-state index in [9.17, 15) is 0 Å². The molecule has 4 atom stereocenters. The minimum Gasteiger partial charge on any atom is -0.361 e. The van der Waals surface area contributed by atoms with Crippen LogP contribution in [-0.2, 0) is 23.8 Å². The van der Waals surface area contributed by atoms with E-state index >= 15 is 0 Å². The van der Waals surface area contributed by atoms with Gasteiger partial charge in [0.15, 0.2) is 6.10 Å². The molecule has 0 saturated carbocycles. The van der Waals surface area contributed by atoms with Crippen molar-refractivity contribution in [3.05, 3.63) is 34.4 Å². The Bertz CT molecular complexity index is 746. The van der Waals surface area contributed by atoms with Crippen molar-refractivity contribution in [1.82, 2.24) is 0 Å². The fourth-order valence-electron chi connectivity index (χ4n) is 5.18. The zero-order chi connectivity index (χ0) is 17.4. The first-order chi connectivity index (χ1) is 12.0. The maximum atomic E-state index is 6.25. The predicted molar refractivity (Wildman–Crippen MR) is 89.4 cm³/mol. The molecule has 25 heavy (non-hydrogen) atoms. The van der Waals surface area contributed by atoms with Crippen LogP contribution in [0.1, 0.15) is 28.7 Å². The summed E-state index contributed by atoms with van der Waals surface area (Å²) in [6, 6.07) is 4.35. The monoisotopic (exact) mass is 345 g/mol. The molecule has 4 aliphatic rings. The second-order valence-corrected chi connectivity index (χ2v) is 7.51. The van der Waals surface area contributed by atoms with Gasteiger partial charge in [-0.3, -0.25) is 0 Å². The van der Waals surface area contributed by atoms with Crippen LogP contribution in [0, 0.1) is 26.7 Å². The Kier molecular flexibility index (Phi) is 3.18. The van der Waals surface area contributed by atoms with Gasteiger partial charge in [-0.1, -0.05) is 22.9 Å². The smallest absolute Gasteiger partial charge is 0.279 e. The van der Waals surface area contributed by atoms with Crippen LogP contribution >= 0.6 is 0 Å². The summed E-state index contributed by atoms with van der Waals surface area (Å²) in [6.07, 6.45) is 0.152. The minimum atomic E-state index is -0.980. The summed E-state index contributed by atoms with van der Waals surface area (Å²) in [5.74, 6) is -1.83. The Labute approximate surface area is 147 Å². The van der Waals surface area contributed by atoms with E-state index < -0.39 is 17.7 Å². The quantitative estimate of drug-likeness (QED) is 0.823. The second kappa shape index (κ2) is 5.04. The molecule has 0 aliphatic carbocycles. The molecule has 3 saturated heterocycles. The van der Waals surface area contributed by atoms with E-state index in [-0.39, 0.29) is 12.0 Å². The number of aryl methyl sites for hydroxylation is 3. The fourth-order valence-corrected chi connectivity index (χ4v) is 5.18. The Hall–Kier alpha value is -1.47. The van der Waals surface area contributed by atoms with Crippen molar-refractivity contribution in [2.45, 2.75) is 51.0 Å². The van der Waals surface area contributed by atoms with Crippen molar-refractivity contribution in [2.24, 2.45) is 11.1 Å². The summed E-state index contributed by atoms with van der Waals surface area (Å²) >= 11 is 0. The average Bonchev–Trinajstić information content (AvgIpc) is 3.29. The van der Waals surface area contributed by atoms with Gasteiger partial charge in [0, 0.05) is 19.1 Å². The summed E-state index contributed by atoms with van der Waals surface area (Å²) in [7, 11) is 1.65. The summed E-state index contributed by atoms with van der Waals surface area (Å²) in [5, 5.41) is 4.48. The normalized spacial score (nSPS) is 37.4. The summed E-state index contributed by atoms with van der Waals surface area (Å²) < 4.78 is 24.0. The van der Waals surface area contributed by atoms with Crippen LogP contribution < -0.4 is 0 Å². The molecule has 0 unspecified atom stereocenters. The first-order valence-electron chi connectivity index (χ1n) is 8.83. The molecule has 6 heteroatoms. The molecule has 1 spiro atoms. The van der Waals surface area contributed by atoms with Crippen LogP contribution in [0.15, 0.2) is 17.3 Å². The maximum absolute atomic E-state index is 6.25. The van der Waals surface area contributed by atoms with Crippen molar-refractivity contribution >= 4 is 5.71 Å². The first-order valence-corrected chi connectivity index (χ1v) is 8.83. The van der Waals surface area contributed by atoms with Gasteiger partial charge in [0.05, 0.1) is 19.3 Å². The first kappa shape index (κ1) is 15.8. The van der Waals surface area contributed by atoms with Crippen LogP contribution in [0.4, 0.5) is 0 Å². The third kappa shape index (κ3) is 1.86. The summed E-state index contributed by atoms with van der Waals surface area (Å²) in [5.41, 5.74) is 5.67. The van der Waals surface area contributed by atoms with Crippen LogP contribution in [-0.4, -0.2) is 49.8 Å². The van der Waals surface area contributed by atoms with Gasteiger partial charge in [-0.05, 0) is 31.9 Å². The molecule has 1 aromatic rings. The van der Waals surface area contributed by atoms with Gasteiger partial charge in [0.25, 0.3) is 5.79 Å². The van der Waals surface area contributed by atoms with Crippen molar-refractivity contribution in [3.8, 4) is 0 Å². The van der Waals surface area contributed by atoms with Gasteiger partial charge < -0.3 is 23.8 Å². The van der Waals surface area contributed by atoms with E-state index in [0.717, 1.165) is 11.3 Å². The van der Waals surface area contributed by atoms with E-state index in [4.69, 9.17) is 23.8 Å². The Morgan fingerprint density at radius 1 is 1.12 bits per heavy atom. The highest BCUT2D eigenvalue weighted by atomic mass is 16.8. The number of rotatable bonds is 2. The SMILES string of the molecule is CO[C@@]12ON=C(c3c(C)cc(C)cc3C)[C@@H]1[C@@H]1CC3(OCCO3)[C@H]2O1. The molecule has 5 rings (SSSR count). The molecule has 0 radical (unpaired) electrons. The molecule has 0 aromatic heterocycles. The highest BCUT2D eigenvalue weighted by Crippen LogP contribution is 2.59. The van der Waals surface area contributed by atoms with Crippen molar-refractivity contribution in [3.63, 3.8) is 0 Å². The third-order valence-corrected chi connectivity index (χ3v) is 5.98. The second-order valence-electron chi connectivity index (χ2n) is 7.51. The van der Waals surface area contributed by atoms with Crippen LogP contribution in [0.2, 0.25) is 0 Å². The number of nitrogens with zero attached hydrogens (tertiary/aromatic N) is 1. The van der Waals surface area contributed by atoms with Gasteiger partial charge in [0.2, 0.25) is 5.79 Å². The molecular formula is C19H23NO5. The summed E-state index contributed by atoms with van der Waals surface area (Å²) in [6.45, 7) is 7.48. The van der Waals surface area contributed by atoms with Crippen molar-refractivity contribution < 1.29 is 23.8 Å². The van der Waals surface area contributed by atoms with Crippen molar-refractivity contribution in [1.29, 1.82) is 0 Å². The van der Waals surface area contributed by atoms with Gasteiger partial charge >= 0.3 is 0 Å². The molecule has 3 fully saturated rings. The lowest BCUT2D eigenvalue weighted by Crippen LogP contribution is -2.61. The van der Waals surface area contributed by atoms with E-state index in [2.05, 4.69) is 38.1 Å². The zero-order valence-electron chi connectivity index (χ0n) is 15.0. The zero-order valence-corrected chi connectivity index (χ0v) is 15.0. The number of hydrogen-bond acceptors (Lipinski definition) is 6. The molecule has 2 bridgehead atoms. The van der Waals surface area contributed by atoms with E-state index in [0.29, 0.717) is 19.6 Å². The average molecular weight is 345 g/mol. The third-order valence-electron chi connectivity index (χ3n) is 5.98. The Morgan fingerprint density at radius 3 is 2.44 bits per heavy atom. The van der Waals surface area contributed by atoms with E-state index in [1.165, 1.54) is 16.7 Å². The largest absolute Gasteiger partial charge is 0.361 e. The number of hydrogen-bond donors (Lipinski definition) is 0. The lowest BCUT2D eigenvalue weighted by Gasteiger charge is -2.40. The Balaban J connectivity index is 1.58. The Morgan fingerprint density at radius 2 is 1.80 bits per heavy atom. The van der Waals surface area contributed by atoms with Crippen LogP contribution in [0.25, 0.3) is 0 Å². The fraction of sp³-hybridized carbons (Fsp3) is 0.632. The van der Waals surface area contributed by atoms with E-state index in [1.807, 2.05) is 0 Å². The predicted octanol–water partition coefficient (Wildman–Crippen LogP) is 2.22. The number of ether oxygens (including phenoxy) is 4. The number of methoxy groups -OCH3 is 1. The lowest BCUT2D eigenvalue weighted by atomic mass is 9.75. The topological polar surface area (TPSA) is 58.5 Å². The standard InChI is InChI=1S/C19H23NO5/c1-10-7-11(2)14(12(3)8-10)16-15-13-9-18(22-5-6-23-18)17(24-13)19(15,21-4)25-20-16/h7-8,13,15,17H,5-6,9H2,1-4H3/t13-,15-,17+,19+/m0/s1. The number of benzene rings is 1. The molecular weight excluding hydrogens is 322 g/mol. The summed E-state index contributed by atoms with van der Waals surface area (Å²) in [4.78, 5) is 5.92. The van der Waals surface area contributed by atoms with Crippen molar-refractivity contribution in [2.75, 3.05) is 20.3 Å². The molecule has 4 aliphatic heterocycles. The lowest BCUT2D eigenvalue weighted by molar-refractivity contribution is -0.314.